The van der Waals surface area contributed by atoms with Gasteiger partial charge in [-0.1, -0.05) is 6.07 Å². The van der Waals surface area contributed by atoms with Crippen LogP contribution in [0.4, 0.5) is 22.0 Å². The monoisotopic (exact) mass is 437 g/mol. The summed E-state index contributed by atoms with van der Waals surface area (Å²) in [4.78, 5) is 3.77. The molecule has 0 saturated heterocycles. The van der Waals surface area contributed by atoms with Crippen LogP contribution in [0, 0.1) is 36.0 Å². The number of hydrogen-bond donors (Lipinski definition) is 1. The fourth-order valence-corrected chi connectivity index (χ4v) is 3.68. The molecule has 2 heterocycles. The van der Waals surface area contributed by atoms with Gasteiger partial charge in [-0.15, -0.1) is 0 Å². The van der Waals surface area contributed by atoms with Crippen molar-refractivity contribution in [2.24, 2.45) is 0 Å². The van der Waals surface area contributed by atoms with Gasteiger partial charge in [-0.3, -0.25) is 4.68 Å². The third kappa shape index (κ3) is 3.34. The number of rotatable bonds is 5. The first kappa shape index (κ1) is 20.9. The number of aromatic nitrogens is 5. The Kier molecular flexibility index (Phi) is 5.00. The molecule has 4 rings (SSSR count). The van der Waals surface area contributed by atoms with Crippen LogP contribution in [0.15, 0.2) is 36.9 Å². The maximum absolute atomic E-state index is 14.7. The molecule has 11 heteroatoms. The first-order valence-corrected chi connectivity index (χ1v) is 9.16. The molecule has 0 aliphatic carbocycles. The van der Waals surface area contributed by atoms with Crippen LogP contribution in [0.25, 0.3) is 10.9 Å². The zero-order chi connectivity index (χ0) is 22.5. The summed E-state index contributed by atoms with van der Waals surface area (Å²) in [5.41, 5.74) is -2.71. The Morgan fingerprint density at radius 2 is 1.81 bits per heavy atom. The van der Waals surface area contributed by atoms with Crippen LogP contribution < -0.4 is 0 Å². The summed E-state index contributed by atoms with van der Waals surface area (Å²) >= 11 is 0. The van der Waals surface area contributed by atoms with Gasteiger partial charge >= 0.3 is 0 Å². The molecular weight excluding hydrogens is 421 g/mol. The van der Waals surface area contributed by atoms with Crippen LogP contribution >= 0.6 is 0 Å². The topological polar surface area (TPSA) is 68.8 Å². The molecule has 0 bridgehead atoms. The Morgan fingerprint density at radius 1 is 1.06 bits per heavy atom. The van der Waals surface area contributed by atoms with Gasteiger partial charge in [-0.25, -0.2) is 31.6 Å². The lowest BCUT2D eigenvalue weighted by molar-refractivity contribution is -0.0357. The van der Waals surface area contributed by atoms with E-state index in [0.29, 0.717) is 6.07 Å². The van der Waals surface area contributed by atoms with E-state index in [1.54, 1.807) is 0 Å². The zero-order valence-corrected chi connectivity index (χ0v) is 16.3. The van der Waals surface area contributed by atoms with Crippen molar-refractivity contribution in [2.45, 2.75) is 32.0 Å². The van der Waals surface area contributed by atoms with Gasteiger partial charge in [-0.05, 0) is 26.0 Å². The summed E-state index contributed by atoms with van der Waals surface area (Å²) in [6.45, 7) is 2.48. The van der Waals surface area contributed by atoms with E-state index in [4.69, 9.17) is 0 Å². The number of fused-ring (bicyclic) bond motifs is 1. The lowest BCUT2D eigenvalue weighted by Gasteiger charge is -2.35. The second-order valence-electron chi connectivity index (χ2n) is 7.23. The van der Waals surface area contributed by atoms with Gasteiger partial charge < -0.3 is 5.11 Å². The molecule has 6 nitrogen and oxygen atoms in total. The molecule has 162 valence electrons. The highest BCUT2D eigenvalue weighted by Gasteiger charge is 2.42. The van der Waals surface area contributed by atoms with E-state index in [1.165, 1.54) is 31.2 Å². The molecule has 0 saturated carbocycles. The molecule has 4 aromatic rings. The minimum Gasteiger partial charge on any atom is -0.381 e. The van der Waals surface area contributed by atoms with Crippen molar-refractivity contribution in [2.75, 3.05) is 0 Å². The van der Waals surface area contributed by atoms with Crippen LogP contribution in [-0.2, 0) is 12.1 Å². The molecule has 0 amide bonds. The third-order valence-electron chi connectivity index (χ3n) is 5.34. The molecule has 0 radical (unpaired) electrons. The van der Waals surface area contributed by atoms with E-state index in [-0.39, 0.29) is 23.2 Å². The van der Waals surface area contributed by atoms with Crippen molar-refractivity contribution < 1.29 is 27.1 Å². The number of nitrogens with zero attached hydrogens (tertiary/aromatic N) is 5. The van der Waals surface area contributed by atoms with E-state index < -0.39 is 46.2 Å². The van der Waals surface area contributed by atoms with Crippen LogP contribution in [0.5, 0.6) is 0 Å². The molecule has 31 heavy (non-hydrogen) atoms. The van der Waals surface area contributed by atoms with Crippen LogP contribution in [0.1, 0.15) is 24.2 Å². The van der Waals surface area contributed by atoms with Crippen LogP contribution in [0.2, 0.25) is 0 Å². The van der Waals surface area contributed by atoms with Crippen molar-refractivity contribution in [3.63, 3.8) is 0 Å². The summed E-state index contributed by atoms with van der Waals surface area (Å²) in [6, 6.07) is 2.17. The number of benzene rings is 2. The van der Waals surface area contributed by atoms with Gasteiger partial charge in [0.2, 0.25) is 0 Å². The van der Waals surface area contributed by atoms with Crippen molar-refractivity contribution in [3.8, 4) is 0 Å². The van der Waals surface area contributed by atoms with Crippen molar-refractivity contribution in [3.05, 3.63) is 77.3 Å². The number of hydrogen-bond acceptors (Lipinski definition) is 4. The summed E-state index contributed by atoms with van der Waals surface area (Å²) in [5.74, 6) is -6.50. The van der Waals surface area contributed by atoms with E-state index >= 15 is 0 Å². The van der Waals surface area contributed by atoms with Gasteiger partial charge in [0.1, 0.15) is 35.4 Å². The molecule has 0 aliphatic rings. The summed E-state index contributed by atoms with van der Waals surface area (Å²) in [6.07, 6.45) is 2.46. The lowest BCUT2D eigenvalue weighted by atomic mass is 9.86. The standard InChI is InChI=1S/C20H16F5N5O/c1-10-13-6-16(23)17(24)18(25)19(13)30(28-10)11(2)20(31,7-29-9-26-8-27-29)14-4-3-12(21)5-15(14)22/h3-6,8-9,11,31H,7H2,1-2H3/t11-,20-/m1/s1. The van der Waals surface area contributed by atoms with Gasteiger partial charge in [0.15, 0.2) is 17.5 Å². The minimum atomic E-state index is -2.16. The number of aryl methyl sites for hydroxylation is 1. The molecule has 2 atom stereocenters. The summed E-state index contributed by atoms with van der Waals surface area (Å²) < 4.78 is 72.8. The number of halogens is 5. The van der Waals surface area contributed by atoms with E-state index in [9.17, 15) is 27.1 Å². The molecule has 0 unspecified atom stereocenters. The zero-order valence-electron chi connectivity index (χ0n) is 16.3. The van der Waals surface area contributed by atoms with Crippen molar-refractivity contribution in [1.29, 1.82) is 0 Å². The molecule has 0 spiro atoms. The largest absolute Gasteiger partial charge is 0.381 e. The van der Waals surface area contributed by atoms with Gasteiger partial charge in [0, 0.05) is 17.0 Å². The Balaban J connectivity index is 1.95. The molecule has 0 aliphatic heterocycles. The van der Waals surface area contributed by atoms with Gasteiger partial charge in [0.25, 0.3) is 0 Å². The summed E-state index contributed by atoms with van der Waals surface area (Å²) in [7, 11) is 0. The Hall–Kier alpha value is -3.34. The summed E-state index contributed by atoms with van der Waals surface area (Å²) in [5, 5.41) is 19.7. The normalized spacial score (nSPS) is 14.7. The predicted molar refractivity (Wildman–Crippen MR) is 99.3 cm³/mol. The van der Waals surface area contributed by atoms with E-state index in [1.807, 2.05) is 0 Å². The minimum absolute atomic E-state index is 0.00839. The average Bonchev–Trinajstić information content (AvgIpc) is 3.33. The van der Waals surface area contributed by atoms with Gasteiger partial charge in [0.05, 0.1) is 18.3 Å². The third-order valence-corrected chi connectivity index (χ3v) is 5.34. The first-order valence-electron chi connectivity index (χ1n) is 9.16. The highest BCUT2D eigenvalue weighted by atomic mass is 19.2. The molecule has 1 N–H and O–H groups in total. The Labute approximate surface area is 172 Å². The van der Waals surface area contributed by atoms with E-state index in [2.05, 4.69) is 15.2 Å². The fourth-order valence-electron chi connectivity index (χ4n) is 3.68. The maximum atomic E-state index is 14.7. The van der Waals surface area contributed by atoms with Crippen molar-refractivity contribution in [1.82, 2.24) is 24.5 Å². The Morgan fingerprint density at radius 3 is 2.45 bits per heavy atom. The predicted octanol–water partition coefficient (Wildman–Crippen LogP) is 3.78. The smallest absolute Gasteiger partial charge is 0.196 e. The molecule has 0 fully saturated rings. The maximum Gasteiger partial charge on any atom is 0.196 e. The van der Waals surface area contributed by atoms with Gasteiger partial charge in [-0.2, -0.15) is 10.2 Å². The fraction of sp³-hybridized carbons (Fsp3) is 0.250. The van der Waals surface area contributed by atoms with E-state index in [0.717, 1.165) is 22.9 Å². The Bertz CT molecular complexity index is 1270. The van der Waals surface area contributed by atoms with Crippen molar-refractivity contribution >= 4 is 10.9 Å². The molecule has 2 aromatic heterocycles. The second kappa shape index (κ2) is 7.41. The quantitative estimate of drug-likeness (QED) is 0.381. The average molecular weight is 437 g/mol. The molecule has 2 aromatic carbocycles. The SMILES string of the molecule is Cc1nn([C@H](C)[C@](O)(Cn2cncn2)c2ccc(F)cc2F)c2c(F)c(F)c(F)cc12. The first-order chi connectivity index (χ1) is 14.6. The van der Waals surface area contributed by atoms with Crippen LogP contribution in [-0.4, -0.2) is 29.7 Å². The lowest BCUT2D eigenvalue weighted by Crippen LogP contribution is -2.41. The highest BCUT2D eigenvalue weighted by Crippen LogP contribution is 2.39. The number of aliphatic hydroxyl groups is 1. The molecular formula is C20H16F5N5O. The highest BCUT2D eigenvalue weighted by molar-refractivity contribution is 5.82. The van der Waals surface area contributed by atoms with Crippen LogP contribution in [0.3, 0.4) is 0 Å². The second-order valence-corrected chi connectivity index (χ2v) is 7.23.